The molecule has 0 aromatic carbocycles. The summed E-state index contributed by atoms with van der Waals surface area (Å²) in [4.78, 5) is 14.5. The Morgan fingerprint density at radius 1 is 1.61 bits per heavy atom. The number of ether oxygens (including phenoxy) is 1. The zero-order chi connectivity index (χ0) is 12.5. The van der Waals surface area contributed by atoms with Crippen LogP contribution in [0.25, 0.3) is 0 Å². The van der Waals surface area contributed by atoms with Gasteiger partial charge in [0.1, 0.15) is 6.10 Å². The molecular weight excluding hydrogens is 232 g/mol. The molecule has 0 bridgehead atoms. The zero-order valence-corrected chi connectivity index (χ0v) is 10.6. The van der Waals surface area contributed by atoms with Crippen molar-refractivity contribution in [2.45, 2.75) is 31.4 Å². The number of hydrogen-bond donors (Lipinski definition) is 0. The molecule has 0 amide bonds. The van der Waals surface area contributed by atoms with Gasteiger partial charge in [-0.25, -0.2) is 0 Å². The number of aryl methyl sites for hydroxylation is 1. The third-order valence-electron chi connectivity index (χ3n) is 3.75. The van der Waals surface area contributed by atoms with Crippen molar-refractivity contribution in [3.8, 4) is 0 Å². The van der Waals surface area contributed by atoms with E-state index in [-0.39, 0.29) is 11.9 Å². The molecule has 3 heterocycles. The molecule has 2 unspecified atom stereocenters. The number of rotatable bonds is 3. The van der Waals surface area contributed by atoms with Crippen molar-refractivity contribution in [1.82, 2.24) is 19.9 Å². The van der Waals surface area contributed by atoms with E-state index in [2.05, 4.69) is 15.2 Å². The number of nitrogens with zero attached hydrogens (tertiary/aromatic N) is 4. The Labute approximate surface area is 106 Å². The topological polar surface area (TPSA) is 60.2 Å². The Morgan fingerprint density at radius 2 is 2.50 bits per heavy atom. The van der Waals surface area contributed by atoms with Gasteiger partial charge in [-0.15, -0.1) is 5.10 Å². The van der Waals surface area contributed by atoms with E-state index >= 15 is 0 Å². The predicted octanol–water partition coefficient (Wildman–Crippen LogP) is -0.210. The van der Waals surface area contributed by atoms with Gasteiger partial charge >= 0.3 is 0 Å². The largest absolute Gasteiger partial charge is 0.367 e. The van der Waals surface area contributed by atoms with E-state index in [0.29, 0.717) is 19.1 Å². The minimum atomic E-state index is -0.290. The molecule has 6 nitrogen and oxygen atoms in total. The molecule has 0 aliphatic carbocycles. The SMILES string of the molecule is Cn1cc(CC(=O)C2CN3CCCC3CO2)nn1. The van der Waals surface area contributed by atoms with Gasteiger partial charge in [0.2, 0.25) is 0 Å². The lowest BCUT2D eigenvalue weighted by Crippen LogP contribution is -2.49. The number of ketones is 1. The molecule has 0 saturated carbocycles. The molecule has 3 rings (SSSR count). The van der Waals surface area contributed by atoms with Crippen LogP contribution in [0.5, 0.6) is 0 Å². The fourth-order valence-corrected chi connectivity index (χ4v) is 2.78. The van der Waals surface area contributed by atoms with Gasteiger partial charge in [-0.1, -0.05) is 5.21 Å². The molecule has 0 radical (unpaired) electrons. The molecule has 2 saturated heterocycles. The first-order chi connectivity index (χ1) is 8.72. The minimum absolute atomic E-state index is 0.112. The molecule has 6 heteroatoms. The fourth-order valence-electron chi connectivity index (χ4n) is 2.78. The quantitative estimate of drug-likeness (QED) is 0.743. The van der Waals surface area contributed by atoms with Gasteiger partial charge in [0.05, 0.1) is 18.7 Å². The molecule has 98 valence electrons. The van der Waals surface area contributed by atoms with Gasteiger partial charge in [0.15, 0.2) is 5.78 Å². The summed E-state index contributed by atoms with van der Waals surface area (Å²) >= 11 is 0. The molecule has 1 aromatic rings. The molecule has 18 heavy (non-hydrogen) atoms. The van der Waals surface area contributed by atoms with Crippen LogP contribution in [0, 0.1) is 0 Å². The monoisotopic (exact) mass is 250 g/mol. The van der Waals surface area contributed by atoms with Crippen molar-refractivity contribution in [3.05, 3.63) is 11.9 Å². The maximum atomic E-state index is 12.1. The first-order valence-corrected chi connectivity index (χ1v) is 6.46. The van der Waals surface area contributed by atoms with Crippen molar-refractivity contribution in [1.29, 1.82) is 0 Å². The Morgan fingerprint density at radius 3 is 3.28 bits per heavy atom. The van der Waals surface area contributed by atoms with Crippen molar-refractivity contribution >= 4 is 5.78 Å². The van der Waals surface area contributed by atoms with Crippen LogP contribution in [-0.4, -0.2) is 57.5 Å². The molecular formula is C12H18N4O2. The Kier molecular flexibility index (Phi) is 3.13. The van der Waals surface area contributed by atoms with Gasteiger partial charge in [-0.2, -0.15) is 0 Å². The maximum absolute atomic E-state index is 12.1. The Balaban J connectivity index is 1.59. The number of Topliss-reactive ketones (excluding diaryl/α,β-unsaturated/α-hetero) is 1. The van der Waals surface area contributed by atoms with Gasteiger partial charge in [0, 0.05) is 25.8 Å². The van der Waals surface area contributed by atoms with Crippen molar-refractivity contribution in [2.75, 3.05) is 19.7 Å². The van der Waals surface area contributed by atoms with Crippen molar-refractivity contribution in [2.24, 2.45) is 7.05 Å². The van der Waals surface area contributed by atoms with Crippen LogP contribution in [0.3, 0.4) is 0 Å². The molecule has 2 fully saturated rings. The summed E-state index contributed by atoms with van der Waals surface area (Å²) in [5, 5.41) is 7.77. The average Bonchev–Trinajstić information content (AvgIpc) is 2.96. The minimum Gasteiger partial charge on any atom is -0.367 e. The summed E-state index contributed by atoms with van der Waals surface area (Å²) in [6.07, 6.45) is 4.22. The first-order valence-electron chi connectivity index (χ1n) is 6.46. The third-order valence-corrected chi connectivity index (χ3v) is 3.75. The number of aromatic nitrogens is 3. The fraction of sp³-hybridized carbons (Fsp3) is 0.750. The Hall–Kier alpha value is -1.27. The van der Waals surface area contributed by atoms with Gasteiger partial charge in [-0.3, -0.25) is 14.4 Å². The van der Waals surface area contributed by atoms with Crippen LogP contribution < -0.4 is 0 Å². The van der Waals surface area contributed by atoms with E-state index in [1.54, 1.807) is 17.9 Å². The van der Waals surface area contributed by atoms with Gasteiger partial charge in [-0.05, 0) is 19.4 Å². The second-order valence-electron chi connectivity index (χ2n) is 5.14. The standard InChI is InChI=1S/C12H18N4O2/c1-15-6-9(13-14-15)5-11(17)12-7-16-4-2-3-10(16)8-18-12/h6,10,12H,2-5,7-8H2,1H3. The summed E-state index contributed by atoms with van der Waals surface area (Å²) < 4.78 is 7.30. The van der Waals surface area contributed by atoms with Crippen LogP contribution in [0.4, 0.5) is 0 Å². The maximum Gasteiger partial charge on any atom is 0.168 e. The summed E-state index contributed by atoms with van der Waals surface area (Å²) in [6, 6.07) is 0.533. The molecule has 0 spiro atoms. The van der Waals surface area contributed by atoms with E-state index in [4.69, 9.17) is 4.74 Å². The van der Waals surface area contributed by atoms with Crippen LogP contribution in [0.15, 0.2) is 6.20 Å². The normalized spacial score (nSPS) is 28.3. The predicted molar refractivity (Wildman–Crippen MR) is 64.0 cm³/mol. The molecule has 2 atom stereocenters. The lowest BCUT2D eigenvalue weighted by molar-refractivity contribution is -0.137. The molecule has 0 N–H and O–H groups in total. The van der Waals surface area contributed by atoms with Gasteiger partial charge < -0.3 is 4.74 Å². The Bertz CT molecular complexity index is 445. The van der Waals surface area contributed by atoms with Crippen molar-refractivity contribution < 1.29 is 9.53 Å². The van der Waals surface area contributed by atoms with Gasteiger partial charge in [0.25, 0.3) is 0 Å². The van der Waals surface area contributed by atoms with E-state index < -0.39 is 0 Å². The number of fused-ring (bicyclic) bond motifs is 1. The number of morpholine rings is 1. The first kappa shape index (κ1) is 11.8. The van der Waals surface area contributed by atoms with Crippen molar-refractivity contribution in [3.63, 3.8) is 0 Å². The average molecular weight is 250 g/mol. The summed E-state index contributed by atoms with van der Waals surface area (Å²) in [6.45, 7) is 2.53. The second kappa shape index (κ2) is 4.78. The van der Waals surface area contributed by atoms with Crippen LogP contribution >= 0.6 is 0 Å². The lowest BCUT2D eigenvalue weighted by Gasteiger charge is -2.34. The molecule has 2 aliphatic rings. The van der Waals surface area contributed by atoms with E-state index in [0.717, 1.165) is 18.8 Å². The lowest BCUT2D eigenvalue weighted by atomic mass is 10.1. The van der Waals surface area contributed by atoms with E-state index in [1.807, 2.05) is 0 Å². The third kappa shape index (κ3) is 2.30. The number of carbonyl (C=O) groups excluding carboxylic acids is 1. The highest BCUT2D eigenvalue weighted by Crippen LogP contribution is 2.23. The van der Waals surface area contributed by atoms with Crippen LogP contribution in [0.2, 0.25) is 0 Å². The van der Waals surface area contributed by atoms with E-state index in [9.17, 15) is 4.79 Å². The number of carbonyl (C=O) groups is 1. The summed E-state index contributed by atoms with van der Waals surface area (Å²) in [5.41, 5.74) is 0.717. The van der Waals surface area contributed by atoms with Crippen LogP contribution in [-0.2, 0) is 23.0 Å². The highest BCUT2D eigenvalue weighted by Gasteiger charge is 2.35. The molecule has 2 aliphatic heterocycles. The smallest absolute Gasteiger partial charge is 0.168 e. The van der Waals surface area contributed by atoms with Crippen LogP contribution in [0.1, 0.15) is 18.5 Å². The number of hydrogen-bond acceptors (Lipinski definition) is 5. The molecule has 1 aromatic heterocycles. The highest BCUT2D eigenvalue weighted by molar-refractivity contribution is 5.85. The second-order valence-corrected chi connectivity index (χ2v) is 5.14. The zero-order valence-electron chi connectivity index (χ0n) is 10.6. The summed E-state index contributed by atoms with van der Waals surface area (Å²) in [7, 11) is 1.80. The highest BCUT2D eigenvalue weighted by atomic mass is 16.5. The summed E-state index contributed by atoms with van der Waals surface area (Å²) in [5.74, 6) is 0.112. The van der Waals surface area contributed by atoms with E-state index in [1.165, 1.54) is 12.8 Å².